The number of fused-ring (bicyclic) bond motifs is 2. The molecule has 0 saturated heterocycles. The van der Waals surface area contributed by atoms with Crippen LogP contribution in [0.4, 0.5) is 5.69 Å². The van der Waals surface area contributed by atoms with Gasteiger partial charge < -0.3 is 14.4 Å². The molecule has 0 N–H and O–H groups in total. The number of nitrogens with zero attached hydrogens (tertiary/aromatic N) is 2. The van der Waals surface area contributed by atoms with Gasteiger partial charge in [0.15, 0.2) is 0 Å². The SMILES string of the molecule is COc1ccc(-c2cc(C(=O)N3CCc4ccccc43)c3ccccc3n2)c(OC)c1. The first-order valence-corrected chi connectivity index (χ1v) is 10.2. The Morgan fingerprint density at radius 3 is 2.58 bits per heavy atom. The fourth-order valence-corrected chi connectivity index (χ4v) is 4.20. The molecule has 1 aliphatic heterocycles. The number of aromatic nitrogens is 1. The van der Waals surface area contributed by atoms with Gasteiger partial charge >= 0.3 is 0 Å². The number of benzene rings is 3. The number of anilines is 1. The van der Waals surface area contributed by atoms with E-state index in [9.17, 15) is 4.79 Å². The summed E-state index contributed by atoms with van der Waals surface area (Å²) in [7, 11) is 3.24. The monoisotopic (exact) mass is 410 g/mol. The van der Waals surface area contributed by atoms with Crippen molar-refractivity contribution in [2.75, 3.05) is 25.7 Å². The number of rotatable bonds is 4. The molecule has 0 spiro atoms. The van der Waals surface area contributed by atoms with Crippen LogP contribution in [-0.4, -0.2) is 31.7 Å². The molecule has 31 heavy (non-hydrogen) atoms. The van der Waals surface area contributed by atoms with Crippen molar-refractivity contribution in [3.8, 4) is 22.8 Å². The summed E-state index contributed by atoms with van der Waals surface area (Å²) in [6, 6.07) is 23.3. The van der Waals surface area contributed by atoms with Gasteiger partial charge in [-0.25, -0.2) is 4.98 Å². The van der Waals surface area contributed by atoms with Gasteiger partial charge in [0, 0.05) is 29.2 Å². The van der Waals surface area contributed by atoms with Crippen LogP contribution < -0.4 is 14.4 Å². The van der Waals surface area contributed by atoms with Crippen molar-refractivity contribution in [1.82, 2.24) is 4.98 Å². The Kier molecular flexibility index (Phi) is 4.79. The number of amides is 1. The van der Waals surface area contributed by atoms with E-state index in [2.05, 4.69) is 6.07 Å². The van der Waals surface area contributed by atoms with Crippen molar-refractivity contribution in [1.29, 1.82) is 0 Å². The van der Waals surface area contributed by atoms with Crippen LogP contribution in [0.1, 0.15) is 15.9 Å². The zero-order valence-electron chi connectivity index (χ0n) is 17.5. The van der Waals surface area contributed by atoms with Crippen LogP contribution in [0.3, 0.4) is 0 Å². The summed E-state index contributed by atoms with van der Waals surface area (Å²) in [4.78, 5) is 20.4. The van der Waals surface area contributed by atoms with Gasteiger partial charge in [0.05, 0.1) is 31.0 Å². The Morgan fingerprint density at radius 2 is 1.74 bits per heavy atom. The van der Waals surface area contributed by atoms with Crippen LogP contribution >= 0.6 is 0 Å². The second-order valence-electron chi connectivity index (χ2n) is 7.47. The molecule has 4 aromatic rings. The summed E-state index contributed by atoms with van der Waals surface area (Å²) in [5.74, 6) is 1.33. The molecular weight excluding hydrogens is 388 g/mol. The highest BCUT2D eigenvalue weighted by Gasteiger charge is 2.27. The summed E-state index contributed by atoms with van der Waals surface area (Å²) < 4.78 is 10.9. The van der Waals surface area contributed by atoms with E-state index in [1.165, 1.54) is 5.56 Å². The molecular formula is C26H22N2O3. The topological polar surface area (TPSA) is 51.7 Å². The van der Waals surface area contributed by atoms with Crippen molar-refractivity contribution < 1.29 is 14.3 Å². The maximum absolute atomic E-state index is 13.7. The lowest BCUT2D eigenvalue weighted by atomic mass is 10.0. The molecule has 5 nitrogen and oxygen atoms in total. The number of hydrogen-bond acceptors (Lipinski definition) is 4. The molecule has 1 aliphatic rings. The Bertz CT molecular complexity index is 1300. The van der Waals surface area contributed by atoms with E-state index in [-0.39, 0.29) is 5.91 Å². The first-order valence-electron chi connectivity index (χ1n) is 10.2. The molecule has 3 aromatic carbocycles. The van der Waals surface area contributed by atoms with Crippen molar-refractivity contribution in [2.24, 2.45) is 0 Å². The summed E-state index contributed by atoms with van der Waals surface area (Å²) >= 11 is 0. The highest BCUT2D eigenvalue weighted by molar-refractivity contribution is 6.15. The first-order chi connectivity index (χ1) is 15.2. The number of ether oxygens (including phenoxy) is 2. The largest absolute Gasteiger partial charge is 0.497 e. The Labute approximate surface area is 180 Å². The van der Waals surface area contributed by atoms with Gasteiger partial charge in [0.2, 0.25) is 0 Å². The van der Waals surface area contributed by atoms with Gasteiger partial charge in [0.25, 0.3) is 5.91 Å². The third-order valence-corrected chi connectivity index (χ3v) is 5.76. The van der Waals surface area contributed by atoms with Gasteiger partial charge in [-0.3, -0.25) is 4.79 Å². The molecule has 5 heteroatoms. The predicted molar refractivity (Wildman–Crippen MR) is 122 cm³/mol. The predicted octanol–water partition coefficient (Wildman–Crippen LogP) is 5.12. The number of methoxy groups -OCH3 is 2. The molecule has 1 amide bonds. The lowest BCUT2D eigenvalue weighted by Gasteiger charge is -2.19. The molecule has 5 rings (SSSR count). The molecule has 0 atom stereocenters. The molecule has 1 aromatic heterocycles. The van der Waals surface area contributed by atoms with Gasteiger partial charge in [0.1, 0.15) is 11.5 Å². The Hall–Kier alpha value is -3.86. The van der Waals surface area contributed by atoms with E-state index < -0.39 is 0 Å². The fourth-order valence-electron chi connectivity index (χ4n) is 4.20. The Balaban J connectivity index is 1.67. The number of pyridine rings is 1. The molecule has 0 fully saturated rings. The van der Waals surface area contributed by atoms with Crippen molar-refractivity contribution in [3.63, 3.8) is 0 Å². The maximum Gasteiger partial charge on any atom is 0.259 e. The van der Waals surface area contributed by atoms with Crippen LogP contribution in [0, 0.1) is 0 Å². The zero-order valence-corrected chi connectivity index (χ0v) is 17.5. The molecule has 0 unspecified atom stereocenters. The average molecular weight is 410 g/mol. The summed E-state index contributed by atoms with van der Waals surface area (Å²) in [5, 5.41) is 0.841. The second kappa shape index (κ2) is 7.76. The highest BCUT2D eigenvalue weighted by Crippen LogP contribution is 2.36. The molecule has 0 radical (unpaired) electrons. The number of para-hydroxylation sites is 2. The highest BCUT2D eigenvalue weighted by atomic mass is 16.5. The van der Waals surface area contributed by atoms with E-state index in [4.69, 9.17) is 14.5 Å². The second-order valence-corrected chi connectivity index (χ2v) is 7.47. The summed E-state index contributed by atoms with van der Waals surface area (Å²) in [6.45, 7) is 0.677. The number of carbonyl (C=O) groups is 1. The van der Waals surface area contributed by atoms with Crippen molar-refractivity contribution in [2.45, 2.75) is 6.42 Å². The van der Waals surface area contributed by atoms with Gasteiger partial charge in [-0.05, 0) is 42.3 Å². The van der Waals surface area contributed by atoms with Gasteiger partial charge in [-0.2, -0.15) is 0 Å². The van der Waals surface area contributed by atoms with E-state index in [0.717, 1.165) is 28.6 Å². The number of carbonyl (C=O) groups excluding carboxylic acids is 1. The Morgan fingerprint density at radius 1 is 0.935 bits per heavy atom. The van der Waals surface area contributed by atoms with Gasteiger partial charge in [-0.15, -0.1) is 0 Å². The van der Waals surface area contributed by atoms with E-state index in [1.54, 1.807) is 14.2 Å². The van der Waals surface area contributed by atoms with E-state index in [1.807, 2.05) is 71.6 Å². The van der Waals surface area contributed by atoms with Crippen LogP contribution in [0.5, 0.6) is 11.5 Å². The van der Waals surface area contributed by atoms with E-state index >= 15 is 0 Å². The number of hydrogen-bond donors (Lipinski definition) is 0. The first kappa shape index (κ1) is 19.1. The lowest BCUT2D eigenvalue weighted by Crippen LogP contribution is -2.29. The lowest BCUT2D eigenvalue weighted by molar-refractivity contribution is 0.0991. The van der Waals surface area contributed by atoms with Crippen molar-refractivity contribution in [3.05, 3.63) is 83.9 Å². The normalized spacial score (nSPS) is 12.6. The van der Waals surface area contributed by atoms with Crippen LogP contribution in [0.15, 0.2) is 72.8 Å². The molecule has 0 aliphatic carbocycles. The van der Waals surface area contributed by atoms with Crippen LogP contribution in [0.2, 0.25) is 0 Å². The smallest absolute Gasteiger partial charge is 0.259 e. The maximum atomic E-state index is 13.7. The van der Waals surface area contributed by atoms with Crippen molar-refractivity contribution >= 4 is 22.5 Å². The third-order valence-electron chi connectivity index (χ3n) is 5.76. The molecule has 2 heterocycles. The zero-order chi connectivity index (χ0) is 21.4. The summed E-state index contributed by atoms with van der Waals surface area (Å²) in [6.07, 6.45) is 0.865. The minimum Gasteiger partial charge on any atom is -0.497 e. The van der Waals surface area contributed by atoms with Crippen LogP contribution in [0.25, 0.3) is 22.2 Å². The average Bonchev–Trinajstić information content (AvgIpc) is 3.26. The minimum atomic E-state index is -0.0164. The van der Waals surface area contributed by atoms with Gasteiger partial charge in [-0.1, -0.05) is 36.4 Å². The van der Waals surface area contributed by atoms with Crippen LogP contribution in [-0.2, 0) is 6.42 Å². The minimum absolute atomic E-state index is 0.0164. The molecule has 0 saturated carbocycles. The fraction of sp³-hybridized carbons (Fsp3) is 0.154. The quantitative estimate of drug-likeness (QED) is 0.468. The standard InChI is InChI=1S/C26H22N2O3/c1-30-18-11-12-20(25(15-18)31-2)23-16-21(19-8-4-5-9-22(19)27-23)26(29)28-14-13-17-7-3-6-10-24(17)28/h3-12,15-16H,13-14H2,1-2H3. The van der Waals surface area contributed by atoms with E-state index in [0.29, 0.717) is 29.3 Å². The third kappa shape index (κ3) is 3.28. The summed E-state index contributed by atoms with van der Waals surface area (Å²) in [5.41, 5.74) is 5.09. The molecule has 0 bridgehead atoms. The molecule has 154 valence electrons.